The molecule has 0 radical (unpaired) electrons. The van der Waals surface area contributed by atoms with Gasteiger partial charge in [-0.2, -0.15) is 5.10 Å². The second-order valence-electron chi connectivity index (χ2n) is 7.97. The molecule has 1 unspecified atom stereocenters. The lowest BCUT2D eigenvalue weighted by Crippen LogP contribution is -2.39. The molecule has 0 aliphatic heterocycles. The van der Waals surface area contributed by atoms with Crippen LogP contribution in [0.4, 0.5) is 0 Å². The van der Waals surface area contributed by atoms with Gasteiger partial charge in [-0.3, -0.25) is 14.9 Å². The Morgan fingerprint density at radius 2 is 1.93 bits per heavy atom. The third kappa shape index (κ3) is 3.37. The lowest BCUT2D eigenvalue weighted by atomic mass is 9.84. The van der Waals surface area contributed by atoms with E-state index < -0.39 is 0 Å². The predicted octanol–water partition coefficient (Wildman–Crippen LogP) is 4.20. The van der Waals surface area contributed by atoms with E-state index in [1.807, 2.05) is 24.3 Å². The molecule has 3 heterocycles. The van der Waals surface area contributed by atoms with Gasteiger partial charge in [-0.15, -0.1) is 0 Å². The molecular weight excluding hydrogens is 364 g/mol. The molecule has 29 heavy (non-hydrogen) atoms. The van der Waals surface area contributed by atoms with Crippen molar-refractivity contribution in [1.29, 1.82) is 0 Å². The van der Waals surface area contributed by atoms with E-state index in [4.69, 9.17) is 0 Å². The molecule has 1 saturated carbocycles. The van der Waals surface area contributed by atoms with Crippen LogP contribution in [0.5, 0.6) is 0 Å². The van der Waals surface area contributed by atoms with Crippen molar-refractivity contribution in [2.24, 2.45) is 5.92 Å². The maximum absolute atomic E-state index is 12.8. The maximum atomic E-state index is 12.8. The van der Waals surface area contributed by atoms with Crippen molar-refractivity contribution < 1.29 is 4.79 Å². The highest BCUT2D eigenvalue weighted by molar-refractivity contribution is 6.02. The average molecular weight is 388 g/mol. The number of nitrogens with zero attached hydrogens (tertiary/aromatic N) is 3. The van der Waals surface area contributed by atoms with Crippen LogP contribution in [0.15, 0.2) is 36.7 Å². The number of rotatable bonds is 4. The summed E-state index contributed by atoms with van der Waals surface area (Å²) in [6.45, 7) is 2.10. The van der Waals surface area contributed by atoms with Crippen molar-refractivity contribution in [3.63, 3.8) is 0 Å². The summed E-state index contributed by atoms with van der Waals surface area (Å²) in [5.74, 6) is 0.772. The topological polar surface area (TPSA) is 99.3 Å². The molecule has 7 heteroatoms. The Morgan fingerprint density at radius 3 is 2.72 bits per heavy atom. The van der Waals surface area contributed by atoms with Gasteiger partial charge >= 0.3 is 0 Å². The fraction of sp³-hybridized carbons (Fsp3) is 0.364. The highest BCUT2D eigenvalue weighted by atomic mass is 16.2. The molecule has 1 aromatic carbocycles. The van der Waals surface area contributed by atoms with Gasteiger partial charge in [0.15, 0.2) is 5.82 Å². The van der Waals surface area contributed by atoms with Gasteiger partial charge in [0.25, 0.3) is 5.91 Å². The summed E-state index contributed by atoms with van der Waals surface area (Å²) in [7, 11) is 0. The van der Waals surface area contributed by atoms with Crippen LogP contribution in [0.25, 0.3) is 33.2 Å². The first-order valence-electron chi connectivity index (χ1n) is 10.3. The second kappa shape index (κ2) is 7.31. The monoisotopic (exact) mass is 388 g/mol. The lowest BCUT2D eigenvalue weighted by molar-refractivity contribution is 0.0910. The molecule has 1 amide bonds. The van der Waals surface area contributed by atoms with E-state index in [0.717, 1.165) is 33.2 Å². The minimum absolute atomic E-state index is 0.143. The van der Waals surface area contributed by atoms with Gasteiger partial charge in [0.05, 0.1) is 16.6 Å². The summed E-state index contributed by atoms with van der Waals surface area (Å²) in [5, 5.41) is 11.6. The summed E-state index contributed by atoms with van der Waals surface area (Å²) in [6, 6.07) is 7.94. The van der Waals surface area contributed by atoms with E-state index in [-0.39, 0.29) is 11.9 Å². The van der Waals surface area contributed by atoms with Gasteiger partial charge in [0, 0.05) is 29.4 Å². The van der Waals surface area contributed by atoms with Crippen molar-refractivity contribution in [3.05, 3.63) is 42.5 Å². The molecule has 5 rings (SSSR count). The van der Waals surface area contributed by atoms with Crippen molar-refractivity contribution in [2.45, 2.75) is 45.1 Å². The molecule has 3 aromatic heterocycles. The van der Waals surface area contributed by atoms with Gasteiger partial charge < -0.3 is 10.3 Å². The molecule has 148 valence electrons. The fourth-order valence-electron chi connectivity index (χ4n) is 4.39. The van der Waals surface area contributed by atoms with Gasteiger partial charge in [0.2, 0.25) is 0 Å². The SMILES string of the molecule is CC(NC(=O)c1nc2cc3c(-c4ccncc4)n[nH]c3cc2[nH]1)C1CCCCC1. The van der Waals surface area contributed by atoms with Crippen molar-refractivity contribution in [2.75, 3.05) is 0 Å². The molecule has 0 bridgehead atoms. The van der Waals surface area contributed by atoms with Crippen LogP contribution < -0.4 is 5.32 Å². The number of pyridine rings is 1. The summed E-state index contributed by atoms with van der Waals surface area (Å²) in [5.41, 5.74) is 4.31. The number of carbonyl (C=O) groups excluding carboxylic acids is 1. The quantitative estimate of drug-likeness (QED) is 0.488. The first-order valence-corrected chi connectivity index (χ1v) is 10.3. The second-order valence-corrected chi connectivity index (χ2v) is 7.97. The Morgan fingerprint density at radius 1 is 1.14 bits per heavy atom. The third-order valence-electron chi connectivity index (χ3n) is 6.05. The number of hydrogen-bond acceptors (Lipinski definition) is 4. The summed E-state index contributed by atoms with van der Waals surface area (Å²) in [6.07, 6.45) is 9.71. The van der Waals surface area contributed by atoms with Crippen LogP contribution in [-0.2, 0) is 0 Å². The fourth-order valence-corrected chi connectivity index (χ4v) is 4.39. The van der Waals surface area contributed by atoms with Crippen LogP contribution in [0, 0.1) is 5.92 Å². The number of amides is 1. The molecule has 4 aromatic rings. The largest absolute Gasteiger partial charge is 0.347 e. The van der Waals surface area contributed by atoms with Crippen molar-refractivity contribution in [3.8, 4) is 11.3 Å². The Labute approximate surface area is 168 Å². The van der Waals surface area contributed by atoms with Crippen LogP contribution in [-0.4, -0.2) is 37.1 Å². The maximum Gasteiger partial charge on any atom is 0.287 e. The zero-order valence-electron chi connectivity index (χ0n) is 16.4. The zero-order valence-corrected chi connectivity index (χ0v) is 16.4. The number of aromatic nitrogens is 5. The van der Waals surface area contributed by atoms with Crippen LogP contribution in [0.3, 0.4) is 0 Å². The number of H-pyrrole nitrogens is 2. The van der Waals surface area contributed by atoms with Gasteiger partial charge in [-0.05, 0) is 49.9 Å². The Balaban J connectivity index is 1.43. The molecule has 7 nitrogen and oxygen atoms in total. The van der Waals surface area contributed by atoms with Crippen LogP contribution in [0.2, 0.25) is 0 Å². The van der Waals surface area contributed by atoms with E-state index in [2.05, 4.69) is 37.4 Å². The highest BCUT2D eigenvalue weighted by Gasteiger charge is 2.23. The number of hydrogen-bond donors (Lipinski definition) is 3. The number of carbonyl (C=O) groups is 1. The molecule has 3 N–H and O–H groups in total. The number of benzene rings is 1. The first-order chi connectivity index (χ1) is 14.2. The highest BCUT2D eigenvalue weighted by Crippen LogP contribution is 2.29. The molecule has 1 atom stereocenters. The van der Waals surface area contributed by atoms with Gasteiger partial charge in [-0.25, -0.2) is 4.98 Å². The van der Waals surface area contributed by atoms with Crippen LogP contribution in [0.1, 0.15) is 49.6 Å². The van der Waals surface area contributed by atoms with E-state index in [9.17, 15) is 4.79 Å². The molecular formula is C22H24N6O. The molecule has 0 spiro atoms. The smallest absolute Gasteiger partial charge is 0.287 e. The number of aromatic amines is 2. The third-order valence-corrected chi connectivity index (χ3v) is 6.05. The van der Waals surface area contributed by atoms with Crippen LogP contribution >= 0.6 is 0 Å². The van der Waals surface area contributed by atoms with Gasteiger partial charge in [-0.1, -0.05) is 19.3 Å². The minimum Gasteiger partial charge on any atom is -0.347 e. The Bertz CT molecular complexity index is 1160. The van der Waals surface area contributed by atoms with Gasteiger partial charge in [0.1, 0.15) is 5.69 Å². The standard InChI is InChI=1S/C22H24N6O/c1-13(14-5-3-2-4-6-14)24-22(29)21-25-18-11-16-17(12-19(18)26-21)27-28-20(16)15-7-9-23-10-8-15/h7-14H,2-6H2,1H3,(H,24,29)(H,25,26)(H,27,28). The van der Waals surface area contributed by atoms with Crippen molar-refractivity contribution >= 4 is 27.8 Å². The number of imidazole rings is 1. The molecule has 1 aliphatic rings. The normalized spacial score (nSPS) is 16.3. The van der Waals surface area contributed by atoms with E-state index in [1.165, 1.54) is 32.1 Å². The van der Waals surface area contributed by atoms with Crippen molar-refractivity contribution in [1.82, 2.24) is 30.5 Å². The Kier molecular flexibility index (Phi) is 4.50. The Hall–Kier alpha value is -3.22. The van der Waals surface area contributed by atoms with E-state index >= 15 is 0 Å². The molecule has 1 aliphatic carbocycles. The molecule has 0 saturated heterocycles. The summed E-state index contributed by atoms with van der Waals surface area (Å²) < 4.78 is 0. The lowest BCUT2D eigenvalue weighted by Gasteiger charge is -2.27. The minimum atomic E-state index is -0.143. The summed E-state index contributed by atoms with van der Waals surface area (Å²) in [4.78, 5) is 24.5. The number of fused-ring (bicyclic) bond motifs is 2. The number of nitrogens with one attached hydrogen (secondary N) is 3. The molecule has 1 fully saturated rings. The average Bonchev–Trinajstić information content (AvgIpc) is 3.36. The summed E-state index contributed by atoms with van der Waals surface area (Å²) >= 11 is 0. The zero-order chi connectivity index (χ0) is 19.8. The predicted molar refractivity (Wildman–Crippen MR) is 112 cm³/mol. The first kappa shape index (κ1) is 17.8. The van der Waals surface area contributed by atoms with E-state index in [1.54, 1.807) is 12.4 Å². The van der Waals surface area contributed by atoms with E-state index in [0.29, 0.717) is 11.7 Å².